The first-order valence-corrected chi connectivity index (χ1v) is 12.1. The topological polar surface area (TPSA) is 69.2 Å². The molecule has 2 aliphatic rings. The Bertz CT molecular complexity index is 749. The predicted molar refractivity (Wildman–Crippen MR) is 130 cm³/mol. The molecule has 7 nitrogen and oxygen atoms in total. The predicted octanol–water partition coefficient (Wildman–Crippen LogP) is 2.57. The Kier molecular flexibility index (Phi) is 9.36. The molecule has 2 aliphatic heterocycles. The Morgan fingerprint density at radius 2 is 1.97 bits per heavy atom. The first-order valence-electron chi connectivity index (χ1n) is 12.1. The minimum absolute atomic E-state index is 0.0486. The number of likely N-dealkylation sites (N-methyl/N-ethyl adjacent to an activating group) is 1. The van der Waals surface area contributed by atoms with Crippen LogP contribution in [-0.2, 0) is 9.53 Å². The second kappa shape index (κ2) is 12.2. The van der Waals surface area contributed by atoms with Gasteiger partial charge < -0.3 is 20.3 Å². The Morgan fingerprint density at radius 3 is 2.69 bits per heavy atom. The van der Waals surface area contributed by atoms with Gasteiger partial charge >= 0.3 is 0 Å². The molecule has 1 amide bonds. The molecule has 2 heterocycles. The number of carbonyl (C=O) groups is 1. The molecule has 2 saturated heterocycles. The summed E-state index contributed by atoms with van der Waals surface area (Å²) in [5, 5.41) is 6.94. The summed E-state index contributed by atoms with van der Waals surface area (Å²) in [5.74, 6) is 1.48. The van der Waals surface area contributed by atoms with Gasteiger partial charge in [0, 0.05) is 53.3 Å². The molecule has 178 valence electrons. The number of nitrogens with zero attached hydrogens (tertiary/aromatic N) is 3. The number of guanidine groups is 1. The SMILES string of the molecule is CN=C(NCCCN1CCCC1C(=O)N(C)C)NCC1CCCOC1c1ccc(C)cc1. The van der Waals surface area contributed by atoms with Crippen molar-refractivity contribution in [2.45, 2.75) is 51.2 Å². The number of carbonyl (C=O) groups excluding carboxylic acids is 1. The van der Waals surface area contributed by atoms with E-state index in [1.807, 2.05) is 21.1 Å². The zero-order valence-electron chi connectivity index (χ0n) is 20.3. The van der Waals surface area contributed by atoms with Crippen molar-refractivity contribution in [3.05, 3.63) is 35.4 Å². The molecule has 1 aromatic rings. The van der Waals surface area contributed by atoms with Crippen molar-refractivity contribution in [3.63, 3.8) is 0 Å². The molecule has 0 aliphatic carbocycles. The molecule has 3 unspecified atom stereocenters. The Morgan fingerprint density at radius 1 is 1.19 bits per heavy atom. The number of hydrogen-bond donors (Lipinski definition) is 2. The summed E-state index contributed by atoms with van der Waals surface area (Å²) < 4.78 is 6.15. The van der Waals surface area contributed by atoms with E-state index in [9.17, 15) is 4.79 Å². The number of hydrogen-bond acceptors (Lipinski definition) is 4. The molecular formula is C25H41N5O2. The molecule has 0 aromatic heterocycles. The second-order valence-electron chi connectivity index (χ2n) is 9.26. The summed E-state index contributed by atoms with van der Waals surface area (Å²) in [6, 6.07) is 8.76. The Hall–Kier alpha value is -2.12. The Balaban J connectivity index is 1.42. The molecule has 0 radical (unpaired) electrons. The van der Waals surface area contributed by atoms with Gasteiger partial charge in [-0.25, -0.2) is 0 Å². The maximum atomic E-state index is 12.4. The molecule has 0 saturated carbocycles. The first kappa shape index (κ1) is 24.5. The fourth-order valence-electron chi connectivity index (χ4n) is 4.79. The summed E-state index contributed by atoms with van der Waals surface area (Å²) in [6.07, 6.45) is 5.45. The highest BCUT2D eigenvalue weighted by Gasteiger charge is 2.31. The van der Waals surface area contributed by atoms with Crippen molar-refractivity contribution >= 4 is 11.9 Å². The van der Waals surface area contributed by atoms with Crippen molar-refractivity contribution in [3.8, 4) is 0 Å². The molecule has 1 aromatic carbocycles. The zero-order chi connectivity index (χ0) is 22.9. The summed E-state index contributed by atoms with van der Waals surface area (Å²) in [5.41, 5.74) is 2.53. The van der Waals surface area contributed by atoms with E-state index >= 15 is 0 Å². The van der Waals surface area contributed by atoms with E-state index in [2.05, 4.69) is 51.7 Å². The number of nitrogens with one attached hydrogen (secondary N) is 2. The van der Waals surface area contributed by atoms with Crippen LogP contribution in [-0.4, -0.2) is 81.6 Å². The monoisotopic (exact) mass is 443 g/mol. The summed E-state index contributed by atoms with van der Waals surface area (Å²) in [6.45, 7) is 6.56. The maximum Gasteiger partial charge on any atom is 0.239 e. The van der Waals surface area contributed by atoms with Crippen LogP contribution in [0.3, 0.4) is 0 Å². The molecule has 7 heteroatoms. The lowest BCUT2D eigenvalue weighted by Gasteiger charge is -2.32. The van der Waals surface area contributed by atoms with Gasteiger partial charge in [0.2, 0.25) is 5.91 Å². The van der Waals surface area contributed by atoms with Crippen molar-refractivity contribution < 1.29 is 9.53 Å². The number of likely N-dealkylation sites (tertiary alicyclic amines) is 1. The van der Waals surface area contributed by atoms with E-state index in [1.165, 1.54) is 11.1 Å². The molecule has 2 N–H and O–H groups in total. The summed E-state index contributed by atoms with van der Waals surface area (Å²) in [7, 11) is 5.50. The average Bonchev–Trinajstić information content (AvgIpc) is 3.27. The summed E-state index contributed by atoms with van der Waals surface area (Å²) >= 11 is 0. The third kappa shape index (κ3) is 6.69. The lowest BCUT2D eigenvalue weighted by molar-refractivity contribution is -0.133. The second-order valence-corrected chi connectivity index (χ2v) is 9.26. The van der Waals surface area contributed by atoms with Crippen LogP contribution in [0.25, 0.3) is 0 Å². The molecular weight excluding hydrogens is 402 g/mol. The van der Waals surface area contributed by atoms with Gasteiger partial charge in [-0.3, -0.25) is 14.7 Å². The maximum absolute atomic E-state index is 12.4. The van der Waals surface area contributed by atoms with Crippen LogP contribution in [0.2, 0.25) is 0 Å². The fraction of sp³-hybridized carbons (Fsp3) is 0.680. The number of aryl methyl sites for hydroxylation is 1. The van der Waals surface area contributed by atoms with Crippen LogP contribution in [0.4, 0.5) is 0 Å². The van der Waals surface area contributed by atoms with Crippen LogP contribution in [0, 0.1) is 12.8 Å². The van der Waals surface area contributed by atoms with Gasteiger partial charge in [-0.1, -0.05) is 29.8 Å². The number of aliphatic imine (C=N–C) groups is 1. The lowest BCUT2D eigenvalue weighted by Crippen LogP contribution is -2.44. The highest BCUT2D eigenvalue weighted by atomic mass is 16.5. The highest BCUT2D eigenvalue weighted by Crippen LogP contribution is 2.33. The first-order chi connectivity index (χ1) is 15.5. The normalized spacial score (nSPS) is 24.4. The molecule has 3 rings (SSSR count). The van der Waals surface area contributed by atoms with Gasteiger partial charge in [0.1, 0.15) is 0 Å². The van der Waals surface area contributed by atoms with Gasteiger partial charge in [-0.05, 0) is 51.1 Å². The zero-order valence-corrected chi connectivity index (χ0v) is 20.3. The van der Waals surface area contributed by atoms with Crippen LogP contribution >= 0.6 is 0 Å². The van der Waals surface area contributed by atoms with Gasteiger partial charge in [0.25, 0.3) is 0 Å². The molecule has 0 spiro atoms. The van der Waals surface area contributed by atoms with Gasteiger partial charge in [0.05, 0.1) is 12.1 Å². The summed E-state index contributed by atoms with van der Waals surface area (Å²) in [4.78, 5) is 20.8. The van der Waals surface area contributed by atoms with E-state index in [0.717, 1.165) is 70.8 Å². The van der Waals surface area contributed by atoms with Crippen LogP contribution in [0.1, 0.15) is 49.3 Å². The fourth-order valence-corrected chi connectivity index (χ4v) is 4.79. The number of benzene rings is 1. The molecule has 0 bridgehead atoms. The van der Waals surface area contributed by atoms with Gasteiger partial charge in [0.15, 0.2) is 5.96 Å². The van der Waals surface area contributed by atoms with Crippen molar-refractivity contribution in [2.75, 3.05) is 53.9 Å². The highest BCUT2D eigenvalue weighted by molar-refractivity contribution is 5.81. The number of ether oxygens (including phenoxy) is 1. The van der Waals surface area contributed by atoms with Crippen LogP contribution in [0.15, 0.2) is 29.3 Å². The lowest BCUT2D eigenvalue weighted by atomic mass is 9.89. The van der Waals surface area contributed by atoms with Gasteiger partial charge in [-0.2, -0.15) is 0 Å². The smallest absolute Gasteiger partial charge is 0.239 e. The van der Waals surface area contributed by atoms with Crippen LogP contribution < -0.4 is 10.6 Å². The standard InChI is InChI=1S/C25H41N5O2/c1-19-10-12-20(13-11-19)23-21(8-6-17-32-23)18-28-25(26-2)27-14-7-16-30-15-5-9-22(30)24(31)29(3)4/h10-13,21-23H,5-9,14-18H2,1-4H3,(H2,26,27,28). The number of amides is 1. The molecule has 32 heavy (non-hydrogen) atoms. The average molecular weight is 444 g/mol. The minimum atomic E-state index is 0.0486. The molecule has 3 atom stereocenters. The molecule has 2 fully saturated rings. The van der Waals surface area contributed by atoms with Gasteiger partial charge in [-0.15, -0.1) is 0 Å². The van der Waals surface area contributed by atoms with E-state index in [-0.39, 0.29) is 18.1 Å². The quantitative estimate of drug-likeness (QED) is 0.367. The van der Waals surface area contributed by atoms with E-state index in [0.29, 0.717) is 5.92 Å². The van der Waals surface area contributed by atoms with E-state index < -0.39 is 0 Å². The van der Waals surface area contributed by atoms with Crippen molar-refractivity contribution in [1.82, 2.24) is 20.4 Å². The van der Waals surface area contributed by atoms with E-state index in [4.69, 9.17) is 4.74 Å². The minimum Gasteiger partial charge on any atom is -0.373 e. The third-order valence-electron chi connectivity index (χ3n) is 6.61. The third-order valence-corrected chi connectivity index (χ3v) is 6.61. The van der Waals surface area contributed by atoms with Crippen molar-refractivity contribution in [1.29, 1.82) is 0 Å². The number of rotatable bonds is 8. The Labute approximate surface area is 193 Å². The van der Waals surface area contributed by atoms with Crippen LogP contribution in [0.5, 0.6) is 0 Å². The van der Waals surface area contributed by atoms with Crippen molar-refractivity contribution in [2.24, 2.45) is 10.9 Å². The largest absolute Gasteiger partial charge is 0.373 e. The van der Waals surface area contributed by atoms with E-state index in [1.54, 1.807) is 4.90 Å².